The molecule has 4 unspecified atom stereocenters. The quantitative estimate of drug-likeness (QED) is 0.742. The lowest BCUT2D eigenvalue weighted by molar-refractivity contribution is -0.0958. The number of hydrogen-bond donors (Lipinski definition) is 0. The molecule has 1 saturated carbocycles. The van der Waals surface area contributed by atoms with E-state index in [-0.39, 0.29) is 5.54 Å². The molecule has 1 aromatic carbocycles. The highest BCUT2D eigenvalue weighted by Crippen LogP contribution is 2.45. The van der Waals surface area contributed by atoms with Crippen molar-refractivity contribution in [2.75, 3.05) is 19.8 Å². The summed E-state index contributed by atoms with van der Waals surface area (Å²) in [5.74, 6) is 2.51. The van der Waals surface area contributed by atoms with Crippen molar-refractivity contribution < 1.29 is 9.47 Å². The van der Waals surface area contributed by atoms with E-state index in [9.17, 15) is 0 Å². The first-order valence-corrected chi connectivity index (χ1v) is 10.1. The second-order valence-corrected chi connectivity index (χ2v) is 8.47. The van der Waals surface area contributed by atoms with Gasteiger partial charge in [-0.3, -0.25) is 4.90 Å². The number of piperidine rings is 1. The molecule has 3 nitrogen and oxygen atoms in total. The lowest BCUT2D eigenvalue weighted by Crippen LogP contribution is -2.61. The number of nitrogens with zero attached hydrogens (tertiary/aromatic N) is 1. The maximum Gasteiger partial charge on any atom is 0.119 e. The van der Waals surface area contributed by atoms with Gasteiger partial charge in [0.1, 0.15) is 12.4 Å². The van der Waals surface area contributed by atoms with Gasteiger partial charge in [0, 0.05) is 24.7 Å². The van der Waals surface area contributed by atoms with E-state index in [1.54, 1.807) is 0 Å². The second-order valence-electron chi connectivity index (χ2n) is 8.47. The molecule has 0 bridgehead atoms. The Morgan fingerprint density at radius 2 is 1.92 bits per heavy atom. The third-order valence-corrected chi connectivity index (χ3v) is 6.29. The molecule has 1 aromatic rings. The van der Waals surface area contributed by atoms with Crippen LogP contribution < -0.4 is 4.74 Å². The zero-order valence-electron chi connectivity index (χ0n) is 16.4. The van der Waals surface area contributed by atoms with Gasteiger partial charge in [-0.15, -0.1) is 0 Å². The minimum atomic E-state index is 0.249. The van der Waals surface area contributed by atoms with Gasteiger partial charge in [0.2, 0.25) is 0 Å². The van der Waals surface area contributed by atoms with Crippen LogP contribution in [-0.2, 0) is 4.74 Å². The molecule has 0 amide bonds. The van der Waals surface area contributed by atoms with E-state index in [2.05, 4.69) is 32.6 Å². The summed E-state index contributed by atoms with van der Waals surface area (Å²) < 4.78 is 12.0. The number of ether oxygens (including phenoxy) is 2. The Bertz CT molecular complexity index is 530. The van der Waals surface area contributed by atoms with Crippen LogP contribution in [0.1, 0.15) is 53.4 Å². The predicted molar refractivity (Wildman–Crippen MR) is 103 cm³/mol. The third-order valence-electron chi connectivity index (χ3n) is 6.29. The Labute approximate surface area is 153 Å². The van der Waals surface area contributed by atoms with E-state index < -0.39 is 0 Å². The maximum absolute atomic E-state index is 6.00. The van der Waals surface area contributed by atoms with Crippen molar-refractivity contribution in [3.63, 3.8) is 0 Å². The van der Waals surface area contributed by atoms with Gasteiger partial charge < -0.3 is 9.47 Å². The molecule has 1 saturated heterocycles. The van der Waals surface area contributed by atoms with Crippen molar-refractivity contribution in [1.29, 1.82) is 0 Å². The Morgan fingerprint density at radius 3 is 2.64 bits per heavy atom. The minimum absolute atomic E-state index is 0.249. The summed E-state index contributed by atoms with van der Waals surface area (Å²) in [5, 5.41) is 0. The van der Waals surface area contributed by atoms with Gasteiger partial charge >= 0.3 is 0 Å². The molecule has 0 radical (unpaired) electrons. The fraction of sp³-hybridized carbons (Fsp3) is 0.727. The molecule has 3 rings (SSSR count). The van der Waals surface area contributed by atoms with Crippen molar-refractivity contribution >= 4 is 0 Å². The average Bonchev–Trinajstić information content (AvgIpc) is 2.59. The van der Waals surface area contributed by atoms with Gasteiger partial charge in [-0.1, -0.05) is 25.1 Å². The lowest BCUT2D eigenvalue weighted by Gasteiger charge is -2.56. The maximum atomic E-state index is 6.00. The van der Waals surface area contributed by atoms with E-state index in [0.717, 1.165) is 37.3 Å². The summed E-state index contributed by atoms with van der Waals surface area (Å²) in [6.07, 6.45) is 5.42. The van der Waals surface area contributed by atoms with E-state index >= 15 is 0 Å². The number of fused-ring (bicyclic) bond motifs is 1. The van der Waals surface area contributed by atoms with Gasteiger partial charge in [0.05, 0.1) is 6.10 Å². The van der Waals surface area contributed by atoms with E-state index in [1.807, 2.05) is 30.3 Å². The summed E-state index contributed by atoms with van der Waals surface area (Å²) in [4.78, 5) is 2.74. The number of rotatable bonds is 6. The molecule has 1 aliphatic carbocycles. The van der Waals surface area contributed by atoms with Gasteiger partial charge in [-0.25, -0.2) is 0 Å². The molecule has 0 spiro atoms. The standard InChI is InChI=1S/C22H35NO2/c1-5-24-19-11-12-21-20(15-19)17(2)16-22(3,4)23(21)13-14-25-18-9-7-6-8-10-18/h6-10,17,19-21H,5,11-16H2,1-4H3. The molecule has 25 heavy (non-hydrogen) atoms. The topological polar surface area (TPSA) is 21.7 Å². The zero-order chi connectivity index (χ0) is 17.9. The fourth-order valence-electron chi connectivity index (χ4n) is 5.29. The van der Waals surface area contributed by atoms with E-state index in [1.165, 1.54) is 25.7 Å². The van der Waals surface area contributed by atoms with Crippen LogP contribution in [0.2, 0.25) is 0 Å². The van der Waals surface area contributed by atoms with Crippen LogP contribution in [0.15, 0.2) is 30.3 Å². The SMILES string of the molecule is CCOC1CCC2C(C1)C(C)CC(C)(C)N2CCOc1ccccc1. The normalized spacial score (nSPS) is 32.2. The van der Waals surface area contributed by atoms with Crippen molar-refractivity contribution in [2.45, 2.75) is 71.1 Å². The van der Waals surface area contributed by atoms with Crippen molar-refractivity contribution in [2.24, 2.45) is 11.8 Å². The van der Waals surface area contributed by atoms with Crippen molar-refractivity contribution in [3.05, 3.63) is 30.3 Å². The number of hydrogen-bond acceptors (Lipinski definition) is 3. The molecule has 0 N–H and O–H groups in total. The number of benzene rings is 1. The lowest BCUT2D eigenvalue weighted by atomic mass is 9.66. The highest BCUT2D eigenvalue weighted by atomic mass is 16.5. The highest BCUT2D eigenvalue weighted by Gasteiger charge is 2.47. The molecule has 1 heterocycles. The van der Waals surface area contributed by atoms with Crippen LogP contribution in [0.25, 0.3) is 0 Å². The van der Waals surface area contributed by atoms with Gasteiger partial charge in [0.15, 0.2) is 0 Å². The highest BCUT2D eigenvalue weighted by molar-refractivity contribution is 5.20. The van der Waals surface area contributed by atoms with E-state index in [4.69, 9.17) is 9.47 Å². The first-order valence-electron chi connectivity index (χ1n) is 10.1. The van der Waals surface area contributed by atoms with Crippen LogP contribution in [-0.4, -0.2) is 42.3 Å². The molecule has 2 fully saturated rings. The Kier molecular flexibility index (Phi) is 6.06. The van der Waals surface area contributed by atoms with Crippen molar-refractivity contribution in [1.82, 2.24) is 4.90 Å². The Morgan fingerprint density at radius 1 is 1.16 bits per heavy atom. The first-order chi connectivity index (χ1) is 12.0. The smallest absolute Gasteiger partial charge is 0.119 e. The number of para-hydroxylation sites is 1. The second kappa shape index (κ2) is 8.09. The molecule has 1 aliphatic heterocycles. The molecular formula is C22H35NO2. The summed E-state index contributed by atoms with van der Waals surface area (Å²) in [5.41, 5.74) is 0.249. The summed E-state index contributed by atoms with van der Waals surface area (Å²) in [6.45, 7) is 12.0. The molecule has 3 heteroatoms. The third kappa shape index (κ3) is 4.38. The minimum Gasteiger partial charge on any atom is -0.492 e. The summed E-state index contributed by atoms with van der Waals surface area (Å²) >= 11 is 0. The van der Waals surface area contributed by atoms with Crippen LogP contribution >= 0.6 is 0 Å². The monoisotopic (exact) mass is 345 g/mol. The van der Waals surface area contributed by atoms with E-state index in [0.29, 0.717) is 12.1 Å². The predicted octanol–water partition coefficient (Wildman–Crippen LogP) is 4.76. The zero-order valence-corrected chi connectivity index (χ0v) is 16.4. The van der Waals surface area contributed by atoms with Crippen LogP contribution in [0, 0.1) is 11.8 Å². The van der Waals surface area contributed by atoms with Gasteiger partial charge in [-0.2, -0.15) is 0 Å². The van der Waals surface area contributed by atoms with Gasteiger partial charge in [0.25, 0.3) is 0 Å². The van der Waals surface area contributed by atoms with Crippen LogP contribution in [0.3, 0.4) is 0 Å². The van der Waals surface area contributed by atoms with Crippen molar-refractivity contribution in [3.8, 4) is 5.75 Å². The Balaban J connectivity index is 1.64. The number of likely N-dealkylation sites (tertiary alicyclic amines) is 1. The molecule has 4 atom stereocenters. The molecule has 2 aliphatic rings. The van der Waals surface area contributed by atoms with Crippen LogP contribution in [0.5, 0.6) is 5.75 Å². The Hall–Kier alpha value is -1.06. The van der Waals surface area contributed by atoms with Crippen LogP contribution in [0.4, 0.5) is 0 Å². The fourth-order valence-corrected chi connectivity index (χ4v) is 5.29. The molecular weight excluding hydrogens is 310 g/mol. The average molecular weight is 346 g/mol. The molecule has 140 valence electrons. The molecule has 0 aromatic heterocycles. The largest absolute Gasteiger partial charge is 0.492 e. The van der Waals surface area contributed by atoms with Gasteiger partial charge in [-0.05, 0) is 70.4 Å². The first kappa shape index (κ1) is 18.7. The summed E-state index contributed by atoms with van der Waals surface area (Å²) in [7, 11) is 0. The summed E-state index contributed by atoms with van der Waals surface area (Å²) in [6, 6.07) is 10.9.